The maximum atomic E-state index is 12.8. The average Bonchev–Trinajstić information content (AvgIpc) is 3.40. The lowest BCUT2D eigenvalue weighted by atomic mass is 10.1. The van der Waals surface area contributed by atoms with Gasteiger partial charge >= 0.3 is 5.97 Å². The zero-order chi connectivity index (χ0) is 21.4. The molecular weight excluding hydrogens is 378 g/mol. The Hall–Kier alpha value is -3.59. The molecule has 6 heteroatoms. The molecule has 0 bridgehead atoms. The van der Waals surface area contributed by atoms with Crippen LogP contribution in [0.5, 0.6) is 0 Å². The summed E-state index contributed by atoms with van der Waals surface area (Å²) >= 11 is 0. The van der Waals surface area contributed by atoms with Crippen molar-refractivity contribution >= 4 is 28.7 Å². The van der Waals surface area contributed by atoms with Crippen LogP contribution in [0.25, 0.3) is 17.0 Å². The maximum absolute atomic E-state index is 12.8. The van der Waals surface area contributed by atoms with Gasteiger partial charge in [0.05, 0.1) is 0 Å². The number of para-hydroxylation sites is 1. The fourth-order valence-electron chi connectivity index (χ4n) is 3.91. The predicted octanol–water partition coefficient (Wildman–Crippen LogP) is 4.64. The van der Waals surface area contributed by atoms with E-state index in [2.05, 4.69) is 9.55 Å². The Morgan fingerprint density at radius 1 is 1.30 bits per heavy atom. The molecule has 1 atom stereocenters. The summed E-state index contributed by atoms with van der Waals surface area (Å²) in [7, 11) is 0. The molecule has 1 fully saturated rings. The van der Waals surface area contributed by atoms with Crippen molar-refractivity contribution in [1.29, 1.82) is 5.26 Å². The molecule has 0 saturated heterocycles. The van der Waals surface area contributed by atoms with Gasteiger partial charge in [-0.25, -0.2) is 4.79 Å². The minimum Gasteiger partial charge on any atom is -0.450 e. The summed E-state index contributed by atoms with van der Waals surface area (Å²) in [6, 6.07) is 11.8. The van der Waals surface area contributed by atoms with Crippen molar-refractivity contribution in [1.82, 2.24) is 9.55 Å². The van der Waals surface area contributed by atoms with Crippen molar-refractivity contribution in [2.24, 2.45) is 0 Å². The van der Waals surface area contributed by atoms with Crippen molar-refractivity contribution < 1.29 is 14.3 Å². The van der Waals surface area contributed by atoms with Crippen LogP contribution in [0.3, 0.4) is 0 Å². The van der Waals surface area contributed by atoms with E-state index in [0.29, 0.717) is 11.6 Å². The van der Waals surface area contributed by atoms with Gasteiger partial charge in [-0.15, -0.1) is 0 Å². The molecule has 6 nitrogen and oxygen atoms in total. The topological polar surface area (TPSA) is 87.9 Å². The Morgan fingerprint density at radius 2 is 2.03 bits per heavy atom. The summed E-state index contributed by atoms with van der Waals surface area (Å²) < 4.78 is 7.59. The molecule has 3 aromatic rings. The number of esters is 1. The minimum absolute atomic E-state index is 0.121. The Labute approximate surface area is 174 Å². The number of ether oxygens (including phenoxy) is 1. The van der Waals surface area contributed by atoms with Gasteiger partial charge in [0.2, 0.25) is 5.78 Å². The van der Waals surface area contributed by atoms with E-state index in [1.54, 1.807) is 12.3 Å². The molecule has 1 N–H and O–H groups in total. The highest BCUT2D eigenvalue weighted by atomic mass is 16.5. The number of aromatic nitrogens is 2. The van der Waals surface area contributed by atoms with Crippen LogP contribution < -0.4 is 0 Å². The SMILES string of the molecule is Cc1cc(/C=C(\C#N)C(=O)O[C@@H](C)C(=O)c2c[nH]c3ccccc23)c(C)n1C1CC1. The van der Waals surface area contributed by atoms with E-state index in [1.165, 1.54) is 6.92 Å². The maximum Gasteiger partial charge on any atom is 0.349 e. The second kappa shape index (κ2) is 7.68. The molecule has 1 aliphatic carbocycles. The highest BCUT2D eigenvalue weighted by molar-refractivity contribution is 6.10. The van der Waals surface area contributed by atoms with Gasteiger partial charge in [-0.2, -0.15) is 5.26 Å². The number of H-pyrrole nitrogens is 1. The molecule has 0 aliphatic heterocycles. The lowest BCUT2D eigenvalue weighted by Crippen LogP contribution is -2.24. The van der Waals surface area contributed by atoms with Gasteiger partial charge in [-0.3, -0.25) is 4.79 Å². The Kier molecular flexibility index (Phi) is 5.04. The van der Waals surface area contributed by atoms with Gasteiger partial charge in [0.25, 0.3) is 0 Å². The van der Waals surface area contributed by atoms with Crippen LogP contribution >= 0.6 is 0 Å². The van der Waals surface area contributed by atoms with Crippen LogP contribution in [0.1, 0.15) is 53.1 Å². The first-order valence-corrected chi connectivity index (χ1v) is 10.0. The number of fused-ring (bicyclic) bond motifs is 1. The second-order valence-electron chi connectivity index (χ2n) is 7.76. The van der Waals surface area contributed by atoms with Crippen LogP contribution in [-0.4, -0.2) is 27.4 Å². The second-order valence-corrected chi connectivity index (χ2v) is 7.76. The molecule has 2 aromatic heterocycles. The van der Waals surface area contributed by atoms with E-state index in [-0.39, 0.29) is 11.4 Å². The molecule has 0 radical (unpaired) electrons. The highest BCUT2D eigenvalue weighted by Gasteiger charge is 2.27. The summed E-state index contributed by atoms with van der Waals surface area (Å²) in [5, 5.41) is 10.3. The number of aryl methyl sites for hydroxylation is 1. The number of rotatable bonds is 6. The number of nitrogens with zero attached hydrogens (tertiary/aromatic N) is 2. The van der Waals surface area contributed by atoms with E-state index in [1.807, 2.05) is 50.2 Å². The molecule has 4 rings (SSSR count). The Bertz CT molecular complexity index is 1220. The first-order valence-electron chi connectivity index (χ1n) is 10.0. The van der Waals surface area contributed by atoms with Gasteiger partial charge in [0.15, 0.2) is 6.10 Å². The molecule has 1 aliphatic rings. The molecular formula is C24H23N3O3. The van der Waals surface area contributed by atoms with Crippen LogP contribution in [0.15, 0.2) is 42.1 Å². The molecule has 1 saturated carbocycles. The van der Waals surface area contributed by atoms with Gasteiger partial charge < -0.3 is 14.3 Å². The average molecular weight is 401 g/mol. The first-order chi connectivity index (χ1) is 14.4. The summed E-state index contributed by atoms with van der Waals surface area (Å²) in [6.45, 7) is 5.53. The molecule has 0 spiro atoms. The highest BCUT2D eigenvalue weighted by Crippen LogP contribution is 2.38. The molecule has 0 unspecified atom stereocenters. The number of Topliss-reactive ketones (excluding diaryl/α,β-unsaturated/α-hetero) is 1. The molecule has 0 amide bonds. The molecule has 152 valence electrons. The number of aromatic amines is 1. The summed E-state index contributed by atoms with van der Waals surface area (Å²) in [5.41, 5.74) is 4.13. The van der Waals surface area contributed by atoms with E-state index in [0.717, 1.165) is 40.7 Å². The van der Waals surface area contributed by atoms with Crippen LogP contribution in [0, 0.1) is 25.2 Å². The normalized spacial score (nSPS) is 15.1. The number of carbonyl (C=O) groups excluding carboxylic acids is 2. The van der Waals surface area contributed by atoms with Crippen LogP contribution in [0.2, 0.25) is 0 Å². The van der Waals surface area contributed by atoms with E-state index < -0.39 is 12.1 Å². The monoisotopic (exact) mass is 401 g/mol. The standard InChI is InChI=1S/C24H23N3O3/c1-14-10-17(15(2)27(14)19-8-9-19)11-18(12-25)24(29)30-16(3)23(28)21-13-26-22-7-5-4-6-20(21)22/h4-7,10-11,13,16,19,26H,8-9H2,1-3H3/b18-11+/t16-/m0/s1. The number of hydrogen-bond acceptors (Lipinski definition) is 4. The minimum atomic E-state index is -1.01. The summed E-state index contributed by atoms with van der Waals surface area (Å²) in [4.78, 5) is 28.4. The van der Waals surface area contributed by atoms with Crippen LogP contribution in [0.4, 0.5) is 0 Å². The summed E-state index contributed by atoms with van der Waals surface area (Å²) in [6.07, 6.45) is 4.46. The van der Waals surface area contributed by atoms with E-state index >= 15 is 0 Å². The fraction of sp³-hybridized carbons (Fsp3) is 0.292. The van der Waals surface area contributed by atoms with Crippen molar-refractivity contribution in [3.63, 3.8) is 0 Å². The quantitative estimate of drug-likeness (QED) is 0.282. The van der Waals surface area contributed by atoms with Gasteiger partial charge in [-0.1, -0.05) is 18.2 Å². The predicted molar refractivity (Wildman–Crippen MR) is 114 cm³/mol. The van der Waals surface area contributed by atoms with Crippen molar-refractivity contribution in [3.05, 3.63) is 64.6 Å². The number of carbonyl (C=O) groups is 2. The molecule has 30 heavy (non-hydrogen) atoms. The number of benzene rings is 1. The summed E-state index contributed by atoms with van der Waals surface area (Å²) in [5.74, 6) is -1.11. The van der Waals surface area contributed by atoms with Crippen molar-refractivity contribution in [2.75, 3.05) is 0 Å². The lowest BCUT2D eigenvalue weighted by Gasteiger charge is -2.11. The van der Waals surface area contributed by atoms with Gasteiger partial charge in [0.1, 0.15) is 11.6 Å². The van der Waals surface area contributed by atoms with Gasteiger partial charge in [-0.05, 0) is 57.4 Å². The van der Waals surface area contributed by atoms with Crippen LogP contribution in [-0.2, 0) is 9.53 Å². The van der Waals surface area contributed by atoms with Crippen molar-refractivity contribution in [2.45, 2.75) is 45.8 Å². The van der Waals surface area contributed by atoms with Gasteiger partial charge in [0, 0.05) is 40.1 Å². The number of ketones is 1. The molecule has 2 heterocycles. The number of nitrogens with one attached hydrogen (secondary N) is 1. The zero-order valence-electron chi connectivity index (χ0n) is 17.2. The number of nitriles is 1. The lowest BCUT2D eigenvalue weighted by molar-refractivity contribution is -0.141. The van der Waals surface area contributed by atoms with Crippen molar-refractivity contribution in [3.8, 4) is 6.07 Å². The third kappa shape index (κ3) is 3.55. The molecule has 1 aromatic carbocycles. The third-order valence-corrected chi connectivity index (χ3v) is 5.58. The smallest absolute Gasteiger partial charge is 0.349 e. The Morgan fingerprint density at radius 3 is 2.73 bits per heavy atom. The fourth-order valence-corrected chi connectivity index (χ4v) is 3.91. The Balaban J connectivity index is 1.53. The number of hydrogen-bond donors (Lipinski definition) is 1. The first kappa shape index (κ1) is 19.7. The van der Waals surface area contributed by atoms with E-state index in [9.17, 15) is 14.9 Å². The largest absolute Gasteiger partial charge is 0.450 e. The van der Waals surface area contributed by atoms with E-state index in [4.69, 9.17) is 4.74 Å². The third-order valence-electron chi connectivity index (χ3n) is 5.58. The zero-order valence-corrected chi connectivity index (χ0v) is 17.2.